The Morgan fingerprint density at radius 3 is 2.30 bits per heavy atom. The first-order valence-electron chi connectivity index (χ1n) is 14.4. The number of esters is 1. The van der Waals surface area contributed by atoms with Crippen molar-refractivity contribution in [2.24, 2.45) is 11.1 Å². The Morgan fingerprint density at radius 1 is 0.977 bits per heavy atom. The molecule has 0 aliphatic heterocycles. The van der Waals surface area contributed by atoms with Gasteiger partial charge in [0.25, 0.3) is 5.91 Å². The normalized spacial score (nSPS) is 11.5. The van der Waals surface area contributed by atoms with Crippen molar-refractivity contribution in [3.8, 4) is 11.1 Å². The quantitative estimate of drug-likeness (QED) is 0.132. The van der Waals surface area contributed by atoms with Gasteiger partial charge in [0, 0.05) is 21.7 Å². The number of anilines is 1. The van der Waals surface area contributed by atoms with Crippen LogP contribution in [-0.2, 0) is 27.7 Å². The number of hydrogen-bond donors (Lipinski definition) is 1. The van der Waals surface area contributed by atoms with E-state index in [4.69, 9.17) is 9.88 Å². The van der Waals surface area contributed by atoms with Gasteiger partial charge in [-0.05, 0) is 67.1 Å². The molecule has 3 aromatic carbocycles. The summed E-state index contributed by atoms with van der Waals surface area (Å²) in [7, 11) is -4.16. The Bertz CT molecular complexity index is 1680. The largest absolute Gasteiger partial charge is 0.462 e. The maximum atomic E-state index is 13.7. The number of nitrogens with zero attached hydrogens (tertiary/aromatic N) is 1. The van der Waals surface area contributed by atoms with Crippen LogP contribution in [0.5, 0.6) is 0 Å². The van der Waals surface area contributed by atoms with Crippen molar-refractivity contribution in [2.75, 3.05) is 11.5 Å². The molecule has 1 aromatic heterocycles. The molecule has 0 unspecified atom stereocenters. The van der Waals surface area contributed by atoms with E-state index < -0.39 is 16.0 Å². The average molecular weight is 619 g/mol. The van der Waals surface area contributed by atoms with E-state index >= 15 is 0 Å². The number of amides is 1. The summed E-state index contributed by atoms with van der Waals surface area (Å²) >= 11 is 1.03. The molecule has 7 nitrogen and oxygen atoms in total. The summed E-state index contributed by atoms with van der Waals surface area (Å²) in [5.74, 6) is -0.563. The van der Waals surface area contributed by atoms with Gasteiger partial charge in [-0.2, -0.15) is 0 Å². The number of rotatable bonds is 12. The molecule has 0 saturated heterocycles. The predicted octanol–water partition coefficient (Wildman–Crippen LogP) is 7.37. The van der Waals surface area contributed by atoms with Crippen molar-refractivity contribution in [1.29, 1.82) is 0 Å². The maximum Gasteiger partial charge on any atom is 0.339 e. The van der Waals surface area contributed by atoms with Gasteiger partial charge < -0.3 is 9.64 Å². The van der Waals surface area contributed by atoms with Crippen LogP contribution in [-0.4, -0.2) is 26.9 Å². The molecular weight excluding hydrogens is 581 g/mol. The lowest BCUT2D eigenvalue weighted by Crippen LogP contribution is -2.30. The Morgan fingerprint density at radius 2 is 1.67 bits per heavy atom. The van der Waals surface area contributed by atoms with Gasteiger partial charge in [-0.15, -0.1) is 11.3 Å². The number of sulfonamides is 1. The lowest BCUT2D eigenvalue weighted by molar-refractivity contribution is 0.0499. The number of thiophene rings is 1. The van der Waals surface area contributed by atoms with Crippen LogP contribution in [0.2, 0.25) is 0 Å². The molecule has 1 heterocycles. The van der Waals surface area contributed by atoms with Gasteiger partial charge in [0.2, 0.25) is 10.0 Å². The van der Waals surface area contributed by atoms with Crippen molar-refractivity contribution in [2.45, 2.75) is 57.7 Å². The van der Waals surface area contributed by atoms with Crippen LogP contribution in [0.25, 0.3) is 11.1 Å². The van der Waals surface area contributed by atoms with Gasteiger partial charge in [-0.1, -0.05) is 81.3 Å². The molecule has 1 amide bonds. The number of unbranched alkanes of at least 4 members (excludes halogenated alkanes) is 1. The Labute approximate surface area is 258 Å². The van der Waals surface area contributed by atoms with Gasteiger partial charge in [0.15, 0.2) is 0 Å². The summed E-state index contributed by atoms with van der Waals surface area (Å²) in [4.78, 5) is 29.5. The summed E-state index contributed by atoms with van der Waals surface area (Å²) in [6.07, 6.45) is 2.05. The summed E-state index contributed by atoms with van der Waals surface area (Å²) in [6.45, 7) is 8.46. The molecular formula is C34H38N2O5S2. The minimum absolute atomic E-state index is 0.0708. The summed E-state index contributed by atoms with van der Waals surface area (Å²) in [6, 6.07) is 24.0. The highest BCUT2D eigenvalue weighted by Gasteiger charge is 2.31. The lowest BCUT2D eigenvalue weighted by Gasteiger charge is -2.24. The molecule has 4 rings (SSSR count). The van der Waals surface area contributed by atoms with Gasteiger partial charge in [-0.25, -0.2) is 18.4 Å². The second kappa shape index (κ2) is 14.1. The van der Waals surface area contributed by atoms with Crippen molar-refractivity contribution < 1.29 is 22.7 Å². The van der Waals surface area contributed by atoms with Crippen LogP contribution in [0.1, 0.15) is 70.3 Å². The third-order valence-corrected chi connectivity index (χ3v) is 9.58. The zero-order valence-electron chi connectivity index (χ0n) is 25.0. The van der Waals surface area contributed by atoms with Crippen LogP contribution in [0.15, 0.2) is 83.1 Å². The number of carbonyl (C=O) groups excluding carboxylic acids is 2. The number of primary sulfonamides is 1. The third-order valence-electron chi connectivity index (χ3n) is 6.90. The first kappa shape index (κ1) is 32.1. The highest BCUT2D eigenvalue weighted by atomic mass is 32.2. The average Bonchev–Trinajstić information content (AvgIpc) is 3.36. The topological polar surface area (TPSA) is 107 Å². The van der Waals surface area contributed by atoms with Gasteiger partial charge in [-0.3, -0.25) is 4.79 Å². The molecule has 0 bridgehead atoms. The fourth-order valence-electron chi connectivity index (χ4n) is 4.78. The fraction of sp³-hybridized carbons (Fsp3) is 0.294. The molecule has 4 aromatic rings. The minimum atomic E-state index is -4.16. The summed E-state index contributed by atoms with van der Waals surface area (Å²) in [5.41, 5.74) is 4.11. The van der Waals surface area contributed by atoms with Crippen LogP contribution in [0, 0.1) is 12.8 Å². The Kier molecular flexibility index (Phi) is 10.6. The van der Waals surface area contributed by atoms with E-state index in [1.165, 1.54) is 0 Å². The van der Waals surface area contributed by atoms with Crippen LogP contribution < -0.4 is 10.0 Å². The molecule has 9 heteroatoms. The molecule has 226 valence electrons. The molecule has 0 atom stereocenters. The zero-order chi connectivity index (χ0) is 31.1. The monoisotopic (exact) mass is 618 g/mol. The number of carbonyl (C=O) groups is 2. The SMILES string of the molecule is CCCCOC(=O)c1c(CC(C)C)sc(S(N)(=O)=O)c1-c1cccc(CN(C(=O)c2ccccc2)c2ccc(C)cc2)c1. The van der Waals surface area contributed by atoms with E-state index in [1.807, 2.05) is 82.3 Å². The molecule has 0 aliphatic rings. The minimum Gasteiger partial charge on any atom is -0.462 e. The number of nitrogens with two attached hydrogens (primary N) is 1. The summed E-state index contributed by atoms with van der Waals surface area (Å²) < 4.78 is 31.3. The second-order valence-electron chi connectivity index (χ2n) is 11.0. The van der Waals surface area contributed by atoms with Crippen molar-refractivity contribution >= 4 is 38.9 Å². The second-order valence-corrected chi connectivity index (χ2v) is 13.9. The van der Waals surface area contributed by atoms with Gasteiger partial charge in [0.1, 0.15) is 4.21 Å². The van der Waals surface area contributed by atoms with E-state index in [1.54, 1.807) is 29.2 Å². The van der Waals surface area contributed by atoms with E-state index in [0.29, 0.717) is 28.8 Å². The standard InChI is InChI=1S/C34H38N2O5S2/c1-5-6-19-41-33(38)31-29(20-23(2)3)42-34(43(35,39)40)30(31)27-14-10-11-25(21-27)22-36(28-17-15-24(4)16-18-28)32(37)26-12-8-7-9-13-26/h7-18,21,23H,5-6,19-20,22H2,1-4H3,(H2,35,39,40). The lowest BCUT2D eigenvalue weighted by atomic mass is 9.97. The Balaban J connectivity index is 1.83. The molecule has 0 spiro atoms. The van der Waals surface area contributed by atoms with Crippen molar-refractivity contribution in [1.82, 2.24) is 0 Å². The third kappa shape index (κ3) is 7.98. The van der Waals surface area contributed by atoms with E-state index in [-0.39, 0.29) is 40.3 Å². The molecule has 2 N–H and O–H groups in total. The van der Waals surface area contributed by atoms with Crippen LogP contribution in [0.4, 0.5) is 5.69 Å². The van der Waals surface area contributed by atoms with Crippen molar-refractivity contribution in [3.63, 3.8) is 0 Å². The predicted molar refractivity (Wildman–Crippen MR) is 173 cm³/mol. The number of aryl methyl sites for hydroxylation is 1. The fourth-order valence-corrected chi connectivity index (χ4v) is 7.30. The van der Waals surface area contributed by atoms with E-state index in [9.17, 15) is 18.0 Å². The smallest absolute Gasteiger partial charge is 0.339 e. The van der Waals surface area contributed by atoms with E-state index in [0.717, 1.165) is 34.6 Å². The zero-order valence-corrected chi connectivity index (χ0v) is 26.6. The van der Waals surface area contributed by atoms with Gasteiger partial charge in [0.05, 0.1) is 18.7 Å². The van der Waals surface area contributed by atoms with Crippen molar-refractivity contribution in [3.05, 3.63) is 106 Å². The first-order valence-corrected chi connectivity index (χ1v) is 16.7. The summed E-state index contributed by atoms with van der Waals surface area (Å²) in [5, 5.41) is 5.72. The Hall–Kier alpha value is -3.79. The van der Waals surface area contributed by atoms with Crippen LogP contribution in [0.3, 0.4) is 0 Å². The molecule has 0 saturated carbocycles. The first-order chi connectivity index (χ1) is 20.5. The highest BCUT2D eigenvalue weighted by Crippen LogP contribution is 2.41. The van der Waals surface area contributed by atoms with Gasteiger partial charge >= 0.3 is 5.97 Å². The molecule has 43 heavy (non-hydrogen) atoms. The molecule has 0 fully saturated rings. The number of ether oxygens (including phenoxy) is 1. The number of hydrogen-bond acceptors (Lipinski definition) is 6. The number of benzene rings is 3. The van der Waals surface area contributed by atoms with Crippen LogP contribution >= 0.6 is 11.3 Å². The maximum absolute atomic E-state index is 13.7. The molecule has 0 aliphatic carbocycles. The molecule has 0 radical (unpaired) electrons. The highest BCUT2D eigenvalue weighted by molar-refractivity contribution is 7.91. The van der Waals surface area contributed by atoms with E-state index in [2.05, 4.69) is 0 Å².